The summed E-state index contributed by atoms with van der Waals surface area (Å²) in [6.07, 6.45) is -4.69. The second kappa shape index (κ2) is 7.45. The molecule has 0 aliphatic heterocycles. The van der Waals surface area contributed by atoms with E-state index in [0.29, 0.717) is 12.2 Å². The van der Waals surface area contributed by atoms with E-state index < -0.39 is 12.4 Å². The highest BCUT2D eigenvalue weighted by molar-refractivity contribution is 5.85. The molecule has 1 atom stereocenters. The summed E-state index contributed by atoms with van der Waals surface area (Å²) in [5.41, 5.74) is 6.29. The summed E-state index contributed by atoms with van der Waals surface area (Å²) >= 11 is 0. The van der Waals surface area contributed by atoms with Crippen LogP contribution in [0.4, 0.5) is 13.2 Å². The van der Waals surface area contributed by atoms with Crippen molar-refractivity contribution in [2.45, 2.75) is 19.3 Å². The van der Waals surface area contributed by atoms with Crippen molar-refractivity contribution in [1.29, 1.82) is 0 Å². The average molecular weight is 286 g/mol. The molecule has 1 aromatic carbocycles. The Balaban J connectivity index is 0.00000289. The quantitative estimate of drug-likeness (QED) is 0.904. The minimum absolute atomic E-state index is 0. The molecule has 0 heterocycles. The average Bonchev–Trinajstić information content (AvgIpc) is 2.24. The summed E-state index contributed by atoms with van der Waals surface area (Å²) in [6.45, 7) is 2.58. The lowest BCUT2D eigenvalue weighted by Crippen LogP contribution is -2.19. The third kappa shape index (κ3) is 6.09. The van der Waals surface area contributed by atoms with Crippen molar-refractivity contribution in [1.82, 2.24) is 0 Å². The number of alkyl halides is 3. The zero-order chi connectivity index (χ0) is 12.9. The summed E-state index contributed by atoms with van der Waals surface area (Å²) in [5.74, 6) is -0.276. The molecule has 0 fully saturated rings. The van der Waals surface area contributed by atoms with Gasteiger partial charge in [-0.15, -0.1) is 25.6 Å². The van der Waals surface area contributed by atoms with E-state index in [4.69, 9.17) is 10.5 Å². The Kier molecular flexibility index (Phi) is 7.05. The lowest BCUT2D eigenvalue weighted by molar-refractivity contribution is -0.274. The molecular weight excluding hydrogens is 271 g/mol. The van der Waals surface area contributed by atoms with Gasteiger partial charge in [0, 0.05) is 6.61 Å². The number of nitrogens with two attached hydrogens (primary N) is 1. The van der Waals surface area contributed by atoms with Gasteiger partial charge >= 0.3 is 6.36 Å². The zero-order valence-electron chi connectivity index (χ0n) is 9.74. The molecule has 0 radical (unpaired) electrons. The topological polar surface area (TPSA) is 44.5 Å². The third-order valence-corrected chi connectivity index (χ3v) is 2.02. The summed E-state index contributed by atoms with van der Waals surface area (Å²) in [4.78, 5) is 0. The summed E-state index contributed by atoms with van der Waals surface area (Å²) in [6, 6.07) is 5.11. The first-order valence-electron chi connectivity index (χ1n) is 5.11. The first kappa shape index (κ1) is 17.0. The van der Waals surface area contributed by atoms with E-state index >= 15 is 0 Å². The van der Waals surface area contributed by atoms with Crippen LogP contribution in [0.25, 0.3) is 0 Å². The first-order chi connectivity index (χ1) is 7.92. The predicted octanol–water partition coefficient (Wildman–Crippen LogP) is 3.04. The number of benzene rings is 1. The number of ether oxygens (including phenoxy) is 2. The second-order valence-electron chi connectivity index (χ2n) is 3.39. The molecule has 2 N–H and O–H groups in total. The smallest absolute Gasteiger partial charge is 0.406 e. The van der Waals surface area contributed by atoms with Gasteiger partial charge in [-0.2, -0.15) is 0 Å². The van der Waals surface area contributed by atoms with Gasteiger partial charge in [-0.05, 0) is 24.6 Å². The summed E-state index contributed by atoms with van der Waals surface area (Å²) in [7, 11) is 0. The Bertz CT molecular complexity index is 360. The fourth-order valence-electron chi connectivity index (χ4n) is 1.28. The fraction of sp³-hybridized carbons (Fsp3) is 0.455. The Labute approximate surface area is 109 Å². The number of hydrogen-bond donors (Lipinski definition) is 1. The molecule has 18 heavy (non-hydrogen) atoms. The second-order valence-corrected chi connectivity index (χ2v) is 3.39. The van der Waals surface area contributed by atoms with Gasteiger partial charge in [-0.1, -0.05) is 12.1 Å². The SMILES string of the molecule is CCOC[C@H](N)c1cccc(OC(F)(F)F)c1.Cl. The predicted molar refractivity (Wildman–Crippen MR) is 63.8 cm³/mol. The van der Waals surface area contributed by atoms with E-state index in [1.54, 1.807) is 6.07 Å². The van der Waals surface area contributed by atoms with Crippen LogP contribution in [0.2, 0.25) is 0 Å². The first-order valence-corrected chi connectivity index (χ1v) is 5.11. The summed E-state index contributed by atoms with van der Waals surface area (Å²) in [5, 5.41) is 0. The van der Waals surface area contributed by atoms with E-state index in [-0.39, 0.29) is 24.8 Å². The molecule has 0 saturated carbocycles. The molecule has 3 nitrogen and oxygen atoms in total. The van der Waals surface area contributed by atoms with Gasteiger partial charge in [-0.25, -0.2) is 0 Å². The van der Waals surface area contributed by atoms with E-state index in [1.807, 2.05) is 6.92 Å². The zero-order valence-corrected chi connectivity index (χ0v) is 10.6. The van der Waals surface area contributed by atoms with Crippen molar-refractivity contribution in [3.63, 3.8) is 0 Å². The standard InChI is InChI=1S/C11H14F3NO2.ClH/c1-2-16-7-10(15)8-4-3-5-9(6-8)17-11(12,13)14;/h3-6,10H,2,7,15H2,1H3;1H/t10-;/m0./s1. The van der Waals surface area contributed by atoms with E-state index in [0.717, 1.165) is 0 Å². The van der Waals surface area contributed by atoms with Gasteiger partial charge in [0.1, 0.15) is 5.75 Å². The Morgan fingerprint density at radius 2 is 2.00 bits per heavy atom. The number of hydrogen-bond acceptors (Lipinski definition) is 3. The molecule has 0 amide bonds. The van der Waals surface area contributed by atoms with Crippen LogP contribution in [0, 0.1) is 0 Å². The van der Waals surface area contributed by atoms with Crippen LogP contribution in [-0.2, 0) is 4.74 Å². The molecule has 0 aliphatic rings. The fourth-order valence-corrected chi connectivity index (χ4v) is 1.28. The van der Waals surface area contributed by atoms with E-state index in [1.165, 1.54) is 18.2 Å². The molecule has 0 aromatic heterocycles. The largest absolute Gasteiger partial charge is 0.573 e. The van der Waals surface area contributed by atoms with Crippen molar-refractivity contribution in [2.24, 2.45) is 5.73 Å². The van der Waals surface area contributed by atoms with Crippen LogP contribution in [0.5, 0.6) is 5.75 Å². The van der Waals surface area contributed by atoms with Crippen molar-refractivity contribution in [2.75, 3.05) is 13.2 Å². The number of rotatable bonds is 5. The van der Waals surface area contributed by atoms with Crippen LogP contribution < -0.4 is 10.5 Å². The van der Waals surface area contributed by atoms with Crippen LogP contribution in [0.15, 0.2) is 24.3 Å². The van der Waals surface area contributed by atoms with Gasteiger partial charge < -0.3 is 15.2 Å². The molecular formula is C11H15ClF3NO2. The minimum Gasteiger partial charge on any atom is -0.406 e. The number of halogens is 4. The highest BCUT2D eigenvalue weighted by Crippen LogP contribution is 2.24. The summed E-state index contributed by atoms with van der Waals surface area (Å²) < 4.78 is 44.9. The monoisotopic (exact) mass is 285 g/mol. The lowest BCUT2D eigenvalue weighted by Gasteiger charge is -2.14. The normalized spacial score (nSPS) is 12.7. The molecule has 0 unspecified atom stereocenters. The van der Waals surface area contributed by atoms with E-state index in [2.05, 4.69) is 4.74 Å². The van der Waals surface area contributed by atoms with Crippen molar-refractivity contribution >= 4 is 12.4 Å². The van der Waals surface area contributed by atoms with Gasteiger partial charge in [0.2, 0.25) is 0 Å². The Morgan fingerprint density at radius 3 is 2.56 bits per heavy atom. The molecule has 1 rings (SSSR count). The van der Waals surface area contributed by atoms with Crippen molar-refractivity contribution < 1.29 is 22.6 Å². The molecule has 0 spiro atoms. The highest BCUT2D eigenvalue weighted by Gasteiger charge is 2.31. The molecule has 104 valence electrons. The van der Waals surface area contributed by atoms with Crippen LogP contribution >= 0.6 is 12.4 Å². The molecule has 0 saturated heterocycles. The maximum atomic E-state index is 12.0. The minimum atomic E-state index is -4.69. The van der Waals surface area contributed by atoms with Crippen LogP contribution in [0.3, 0.4) is 0 Å². The van der Waals surface area contributed by atoms with Crippen molar-refractivity contribution in [3.8, 4) is 5.75 Å². The third-order valence-electron chi connectivity index (χ3n) is 2.02. The van der Waals surface area contributed by atoms with Gasteiger partial charge in [0.15, 0.2) is 0 Å². The van der Waals surface area contributed by atoms with Crippen molar-refractivity contribution in [3.05, 3.63) is 29.8 Å². The maximum absolute atomic E-state index is 12.0. The van der Waals surface area contributed by atoms with Gasteiger partial charge in [0.05, 0.1) is 12.6 Å². The van der Waals surface area contributed by atoms with Crippen LogP contribution in [-0.4, -0.2) is 19.6 Å². The van der Waals surface area contributed by atoms with Gasteiger partial charge in [0.25, 0.3) is 0 Å². The molecule has 1 aromatic rings. The molecule has 0 aliphatic carbocycles. The maximum Gasteiger partial charge on any atom is 0.573 e. The van der Waals surface area contributed by atoms with E-state index in [9.17, 15) is 13.2 Å². The van der Waals surface area contributed by atoms with Gasteiger partial charge in [-0.3, -0.25) is 0 Å². The molecule has 0 bridgehead atoms. The Hall–Kier alpha value is -0.980. The Morgan fingerprint density at radius 1 is 1.33 bits per heavy atom. The molecule has 7 heteroatoms. The lowest BCUT2D eigenvalue weighted by atomic mass is 10.1. The van der Waals surface area contributed by atoms with Crippen LogP contribution in [0.1, 0.15) is 18.5 Å². The highest BCUT2D eigenvalue weighted by atomic mass is 35.5.